The highest BCUT2D eigenvalue weighted by molar-refractivity contribution is 5.95. The Morgan fingerprint density at radius 1 is 1.25 bits per heavy atom. The van der Waals surface area contributed by atoms with Crippen LogP contribution in [-0.2, 0) is 12.8 Å². The molecular formula is C17H20N2O. The average molecular weight is 268 g/mol. The van der Waals surface area contributed by atoms with Crippen LogP contribution in [0, 0.1) is 13.8 Å². The Bertz CT molecular complexity index is 642. The smallest absolute Gasteiger partial charge is 0.253 e. The molecule has 1 unspecified atom stereocenters. The average Bonchev–Trinajstić information content (AvgIpc) is 2.78. The molecule has 1 aromatic heterocycles. The van der Waals surface area contributed by atoms with Crippen molar-refractivity contribution in [3.63, 3.8) is 0 Å². The Kier molecular flexibility index (Phi) is 3.35. The van der Waals surface area contributed by atoms with E-state index in [1.807, 2.05) is 19.9 Å². The number of carbonyl (C=O) groups is 1. The van der Waals surface area contributed by atoms with Crippen LogP contribution in [0.25, 0.3) is 0 Å². The minimum absolute atomic E-state index is 0.0382. The second-order valence-electron chi connectivity index (χ2n) is 5.67. The zero-order valence-electron chi connectivity index (χ0n) is 12.0. The summed E-state index contributed by atoms with van der Waals surface area (Å²) in [5, 5.41) is 3.17. The van der Waals surface area contributed by atoms with Gasteiger partial charge in [0.15, 0.2) is 0 Å². The molecular weight excluding hydrogens is 248 g/mol. The second-order valence-corrected chi connectivity index (χ2v) is 5.67. The maximum Gasteiger partial charge on any atom is 0.253 e. The zero-order valence-corrected chi connectivity index (χ0v) is 12.0. The van der Waals surface area contributed by atoms with Crippen molar-refractivity contribution in [2.45, 2.75) is 39.2 Å². The highest BCUT2D eigenvalue weighted by atomic mass is 16.1. The van der Waals surface area contributed by atoms with E-state index in [9.17, 15) is 4.79 Å². The van der Waals surface area contributed by atoms with Crippen molar-refractivity contribution in [2.75, 3.05) is 0 Å². The summed E-state index contributed by atoms with van der Waals surface area (Å²) in [6, 6.07) is 10.7. The molecule has 104 valence electrons. The van der Waals surface area contributed by atoms with E-state index in [1.165, 1.54) is 11.1 Å². The fourth-order valence-electron chi connectivity index (χ4n) is 3.04. The van der Waals surface area contributed by atoms with Crippen LogP contribution in [0.15, 0.2) is 30.3 Å². The van der Waals surface area contributed by atoms with Crippen molar-refractivity contribution >= 4 is 5.91 Å². The standard InChI is InChI=1S/C17H20N2O/c1-11-9-16(12(2)18-11)17(20)19-15-8-7-13-5-3-4-6-14(13)10-15/h3-6,9,15,18H,7-8,10H2,1-2H3,(H,19,20). The molecule has 2 N–H and O–H groups in total. The Morgan fingerprint density at radius 2 is 2.00 bits per heavy atom. The lowest BCUT2D eigenvalue weighted by Crippen LogP contribution is -2.38. The molecule has 0 spiro atoms. The molecule has 1 aromatic carbocycles. The zero-order chi connectivity index (χ0) is 14.1. The number of rotatable bonds is 2. The van der Waals surface area contributed by atoms with Crippen LogP contribution >= 0.6 is 0 Å². The van der Waals surface area contributed by atoms with Gasteiger partial charge >= 0.3 is 0 Å². The fraction of sp³-hybridized carbons (Fsp3) is 0.353. The van der Waals surface area contributed by atoms with Crippen molar-refractivity contribution < 1.29 is 4.79 Å². The summed E-state index contributed by atoms with van der Waals surface area (Å²) in [5.41, 5.74) is 5.52. The fourth-order valence-corrected chi connectivity index (χ4v) is 3.04. The Morgan fingerprint density at radius 3 is 2.70 bits per heavy atom. The largest absolute Gasteiger partial charge is 0.362 e. The van der Waals surface area contributed by atoms with Gasteiger partial charge in [0.05, 0.1) is 5.56 Å². The van der Waals surface area contributed by atoms with Crippen molar-refractivity contribution in [1.29, 1.82) is 0 Å². The molecule has 0 saturated carbocycles. The summed E-state index contributed by atoms with van der Waals surface area (Å²) in [4.78, 5) is 15.5. The van der Waals surface area contributed by atoms with E-state index in [4.69, 9.17) is 0 Å². The van der Waals surface area contributed by atoms with E-state index in [1.54, 1.807) is 0 Å². The highest BCUT2D eigenvalue weighted by Gasteiger charge is 2.21. The van der Waals surface area contributed by atoms with Gasteiger partial charge in [0.25, 0.3) is 5.91 Å². The van der Waals surface area contributed by atoms with Crippen molar-refractivity contribution in [3.8, 4) is 0 Å². The minimum atomic E-state index is 0.0382. The van der Waals surface area contributed by atoms with Crippen molar-refractivity contribution in [3.05, 3.63) is 58.4 Å². The molecule has 1 aliphatic carbocycles. The Hall–Kier alpha value is -2.03. The third kappa shape index (κ3) is 2.48. The van der Waals surface area contributed by atoms with Gasteiger partial charge in [-0.2, -0.15) is 0 Å². The molecule has 0 saturated heterocycles. The maximum absolute atomic E-state index is 12.3. The van der Waals surface area contributed by atoms with Gasteiger partial charge in [-0.3, -0.25) is 4.79 Å². The molecule has 0 radical (unpaired) electrons. The van der Waals surface area contributed by atoms with Crippen LogP contribution in [0.4, 0.5) is 0 Å². The highest BCUT2D eigenvalue weighted by Crippen LogP contribution is 2.21. The van der Waals surface area contributed by atoms with Crippen LogP contribution in [0.3, 0.4) is 0 Å². The number of aromatic nitrogens is 1. The molecule has 0 fully saturated rings. The van der Waals surface area contributed by atoms with Gasteiger partial charge < -0.3 is 10.3 Å². The van der Waals surface area contributed by atoms with E-state index in [2.05, 4.69) is 34.6 Å². The number of H-pyrrole nitrogens is 1. The van der Waals surface area contributed by atoms with Gasteiger partial charge in [0.1, 0.15) is 0 Å². The lowest BCUT2D eigenvalue weighted by atomic mass is 9.88. The molecule has 20 heavy (non-hydrogen) atoms. The molecule has 3 heteroatoms. The van der Waals surface area contributed by atoms with Crippen LogP contribution in [0.2, 0.25) is 0 Å². The summed E-state index contributed by atoms with van der Waals surface area (Å²) in [7, 11) is 0. The number of nitrogens with one attached hydrogen (secondary N) is 2. The normalized spacial score (nSPS) is 17.6. The Balaban J connectivity index is 1.71. The van der Waals surface area contributed by atoms with Crippen LogP contribution in [-0.4, -0.2) is 16.9 Å². The van der Waals surface area contributed by atoms with Crippen LogP contribution in [0.1, 0.15) is 39.3 Å². The van der Waals surface area contributed by atoms with Gasteiger partial charge in [-0.05, 0) is 50.3 Å². The number of benzene rings is 1. The van der Waals surface area contributed by atoms with Crippen LogP contribution < -0.4 is 5.32 Å². The number of amides is 1. The molecule has 3 rings (SSSR count). The monoisotopic (exact) mass is 268 g/mol. The number of aromatic amines is 1. The molecule has 1 aliphatic rings. The summed E-state index contributed by atoms with van der Waals surface area (Å²) in [6.07, 6.45) is 3.00. The topological polar surface area (TPSA) is 44.9 Å². The third-order valence-electron chi connectivity index (χ3n) is 4.08. The van der Waals surface area contributed by atoms with Crippen molar-refractivity contribution in [1.82, 2.24) is 10.3 Å². The second kappa shape index (κ2) is 5.16. The Labute approximate surface area is 119 Å². The summed E-state index contributed by atoms with van der Waals surface area (Å²) in [5.74, 6) is 0.0382. The molecule has 2 aromatic rings. The third-order valence-corrected chi connectivity index (χ3v) is 4.08. The number of fused-ring (bicyclic) bond motifs is 1. The lowest BCUT2D eigenvalue weighted by molar-refractivity contribution is 0.0933. The molecule has 0 bridgehead atoms. The summed E-state index contributed by atoms with van der Waals surface area (Å²) < 4.78 is 0. The minimum Gasteiger partial charge on any atom is -0.362 e. The van der Waals surface area contributed by atoms with Gasteiger partial charge in [-0.1, -0.05) is 24.3 Å². The van der Waals surface area contributed by atoms with E-state index >= 15 is 0 Å². The quantitative estimate of drug-likeness (QED) is 0.864. The number of hydrogen-bond donors (Lipinski definition) is 2. The van der Waals surface area contributed by atoms with E-state index in [0.717, 1.165) is 36.2 Å². The number of aryl methyl sites for hydroxylation is 3. The van der Waals surface area contributed by atoms with Crippen LogP contribution in [0.5, 0.6) is 0 Å². The first-order valence-electron chi connectivity index (χ1n) is 7.17. The molecule has 1 heterocycles. The van der Waals surface area contributed by atoms with E-state index < -0.39 is 0 Å². The van der Waals surface area contributed by atoms with Gasteiger partial charge in [-0.25, -0.2) is 0 Å². The first kappa shape index (κ1) is 13.0. The molecule has 1 amide bonds. The van der Waals surface area contributed by atoms with E-state index in [-0.39, 0.29) is 11.9 Å². The molecule has 3 nitrogen and oxygen atoms in total. The molecule has 1 atom stereocenters. The number of hydrogen-bond acceptors (Lipinski definition) is 1. The van der Waals surface area contributed by atoms with Crippen molar-refractivity contribution in [2.24, 2.45) is 0 Å². The number of carbonyl (C=O) groups excluding carboxylic acids is 1. The molecule has 0 aliphatic heterocycles. The SMILES string of the molecule is Cc1cc(C(=O)NC2CCc3ccccc3C2)c(C)[nH]1. The lowest BCUT2D eigenvalue weighted by Gasteiger charge is -2.25. The predicted molar refractivity (Wildman–Crippen MR) is 80.0 cm³/mol. The first-order valence-corrected chi connectivity index (χ1v) is 7.17. The summed E-state index contributed by atoms with van der Waals surface area (Å²) in [6.45, 7) is 3.92. The van der Waals surface area contributed by atoms with E-state index in [0.29, 0.717) is 0 Å². The first-order chi connectivity index (χ1) is 9.63. The van der Waals surface area contributed by atoms with Gasteiger partial charge in [-0.15, -0.1) is 0 Å². The maximum atomic E-state index is 12.3. The summed E-state index contributed by atoms with van der Waals surface area (Å²) >= 11 is 0. The van der Waals surface area contributed by atoms with Gasteiger partial charge in [0, 0.05) is 17.4 Å². The van der Waals surface area contributed by atoms with Gasteiger partial charge in [0.2, 0.25) is 0 Å². The predicted octanol–water partition coefficient (Wildman–Crippen LogP) is 2.92.